The van der Waals surface area contributed by atoms with Crippen LogP contribution >= 0.6 is 0 Å². The third kappa shape index (κ3) is 4.95. The maximum atomic E-state index is 10.8. The zero-order chi connectivity index (χ0) is 11.3. The first kappa shape index (κ1) is 12.9. The van der Waals surface area contributed by atoms with Gasteiger partial charge in [0.25, 0.3) is 10.1 Å². The third-order valence-electron chi connectivity index (χ3n) is 2.94. The minimum atomic E-state index is -3.28. The Morgan fingerprint density at radius 2 is 2.13 bits per heavy atom. The summed E-state index contributed by atoms with van der Waals surface area (Å²) in [5.41, 5.74) is 0. The molecule has 1 saturated heterocycles. The summed E-state index contributed by atoms with van der Waals surface area (Å²) in [6.45, 7) is 4.05. The first-order chi connectivity index (χ1) is 7.03. The van der Waals surface area contributed by atoms with Crippen LogP contribution in [0.15, 0.2) is 0 Å². The Bertz CT molecular complexity index is 273. The van der Waals surface area contributed by atoms with Crippen LogP contribution in [-0.4, -0.2) is 34.5 Å². The van der Waals surface area contributed by atoms with Gasteiger partial charge in [-0.25, -0.2) is 0 Å². The van der Waals surface area contributed by atoms with Crippen molar-refractivity contribution in [1.29, 1.82) is 0 Å². The topological polar surface area (TPSA) is 52.6 Å². The average molecular weight is 236 g/mol. The van der Waals surface area contributed by atoms with Crippen LogP contribution in [0.25, 0.3) is 0 Å². The van der Waals surface area contributed by atoms with Gasteiger partial charge in [-0.05, 0) is 24.7 Å². The maximum Gasteiger partial charge on any atom is 0.264 e. The van der Waals surface area contributed by atoms with Gasteiger partial charge in [0.2, 0.25) is 0 Å². The lowest BCUT2D eigenvalue weighted by molar-refractivity contribution is 0.00886. The Morgan fingerprint density at radius 3 is 2.73 bits per heavy atom. The lowest BCUT2D eigenvalue weighted by Crippen LogP contribution is -2.28. The molecule has 0 aliphatic carbocycles. The van der Waals surface area contributed by atoms with Gasteiger partial charge in [0.1, 0.15) is 0 Å². The van der Waals surface area contributed by atoms with Crippen LogP contribution in [0.1, 0.15) is 26.2 Å². The molecule has 2 atom stereocenters. The fourth-order valence-electron chi connectivity index (χ4n) is 2.02. The summed E-state index contributed by atoms with van der Waals surface area (Å²) >= 11 is 0. The summed E-state index contributed by atoms with van der Waals surface area (Å²) in [5, 5.41) is 0. The number of rotatable bonds is 5. The van der Waals surface area contributed by atoms with Crippen molar-refractivity contribution in [1.82, 2.24) is 0 Å². The maximum absolute atomic E-state index is 10.8. The van der Waals surface area contributed by atoms with E-state index >= 15 is 0 Å². The van der Waals surface area contributed by atoms with Gasteiger partial charge in [-0.2, -0.15) is 8.42 Å². The predicted octanol–water partition coefficient (Wildman–Crippen LogP) is 1.42. The third-order valence-corrected chi connectivity index (χ3v) is 3.54. The van der Waals surface area contributed by atoms with Crippen LogP contribution < -0.4 is 0 Å². The van der Waals surface area contributed by atoms with E-state index in [1.54, 1.807) is 0 Å². The highest BCUT2D eigenvalue weighted by Gasteiger charge is 2.24. The molecule has 15 heavy (non-hydrogen) atoms. The van der Waals surface area contributed by atoms with E-state index in [0.29, 0.717) is 18.4 Å². The van der Waals surface area contributed by atoms with Crippen LogP contribution in [0, 0.1) is 11.8 Å². The van der Waals surface area contributed by atoms with Crippen molar-refractivity contribution in [3.05, 3.63) is 0 Å². The molecule has 0 spiro atoms. The number of ether oxygens (including phenoxy) is 1. The molecule has 1 aliphatic rings. The second-order valence-corrected chi connectivity index (χ2v) is 5.75. The highest BCUT2D eigenvalue weighted by molar-refractivity contribution is 7.85. The molecule has 1 fully saturated rings. The molecule has 0 radical (unpaired) electrons. The summed E-state index contributed by atoms with van der Waals surface area (Å²) in [6, 6.07) is 0. The highest BCUT2D eigenvalue weighted by atomic mass is 32.2. The summed E-state index contributed by atoms with van der Waals surface area (Å²) in [5.74, 6) is 1.10. The van der Waals surface area contributed by atoms with Crippen LogP contribution in [0.3, 0.4) is 0 Å². The second kappa shape index (κ2) is 5.82. The van der Waals surface area contributed by atoms with Gasteiger partial charge < -0.3 is 4.74 Å². The fourth-order valence-corrected chi connectivity index (χ4v) is 2.42. The molecule has 0 amide bonds. The second-order valence-electron chi connectivity index (χ2n) is 4.11. The molecule has 1 heterocycles. The van der Waals surface area contributed by atoms with Crippen molar-refractivity contribution >= 4 is 10.1 Å². The zero-order valence-electron chi connectivity index (χ0n) is 9.44. The zero-order valence-corrected chi connectivity index (χ0v) is 10.3. The Morgan fingerprint density at radius 1 is 1.40 bits per heavy atom. The smallest absolute Gasteiger partial charge is 0.264 e. The summed E-state index contributed by atoms with van der Waals surface area (Å²) in [6.07, 6.45) is 4.01. The molecule has 0 saturated carbocycles. The molecule has 4 nitrogen and oxygen atoms in total. The van der Waals surface area contributed by atoms with E-state index in [-0.39, 0.29) is 0 Å². The predicted molar refractivity (Wildman–Crippen MR) is 58.1 cm³/mol. The molecule has 0 N–H and O–H groups in total. The minimum Gasteiger partial charge on any atom is -0.381 e. The van der Waals surface area contributed by atoms with Crippen LogP contribution in [0.5, 0.6) is 0 Å². The first-order valence-corrected chi connectivity index (χ1v) is 7.26. The molecule has 1 rings (SSSR count). The van der Waals surface area contributed by atoms with E-state index in [1.165, 1.54) is 0 Å². The first-order valence-electron chi connectivity index (χ1n) is 5.45. The van der Waals surface area contributed by atoms with E-state index < -0.39 is 10.1 Å². The van der Waals surface area contributed by atoms with Crippen LogP contribution in [0.2, 0.25) is 0 Å². The number of hydrogen-bond acceptors (Lipinski definition) is 4. The summed E-state index contributed by atoms with van der Waals surface area (Å²) in [4.78, 5) is 0. The van der Waals surface area contributed by atoms with Crippen molar-refractivity contribution in [2.24, 2.45) is 11.8 Å². The van der Waals surface area contributed by atoms with Crippen molar-refractivity contribution < 1.29 is 17.3 Å². The van der Waals surface area contributed by atoms with Crippen LogP contribution in [-0.2, 0) is 19.0 Å². The molecule has 2 unspecified atom stereocenters. The van der Waals surface area contributed by atoms with E-state index in [0.717, 1.165) is 38.7 Å². The van der Waals surface area contributed by atoms with E-state index in [4.69, 9.17) is 8.92 Å². The average Bonchev–Trinajstić information content (AvgIpc) is 2.16. The standard InChI is InChI=1S/C10H20O4S/c1-3-9-8-13-6-4-10(9)5-7-14-15(2,11)12/h9-10H,3-8H2,1-2H3. The van der Waals surface area contributed by atoms with Crippen molar-refractivity contribution in [2.75, 3.05) is 26.1 Å². The molecular weight excluding hydrogens is 216 g/mol. The Balaban J connectivity index is 2.29. The number of hydrogen-bond donors (Lipinski definition) is 0. The molecule has 90 valence electrons. The van der Waals surface area contributed by atoms with Gasteiger partial charge in [-0.1, -0.05) is 13.3 Å². The molecule has 0 aromatic carbocycles. The van der Waals surface area contributed by atoms with Crippen molar-refractivity contribution in [2.45, 2.75) is 26.2 Å². The molecule has 1 aliphatic heterocycles. The van der Waals surface area contributed by atoms with E-state index in [9.17, 15) is 8.42 Å². The largest absolute Gasteiger partial charge is 0.381 e. The molecule has 0 aromatic heterocycles. The summed E-state index contributed by atoms with van der Waals surface area (Å²) in [7, 11) is -3.28. The molecule has 5 heteroatoms. The SMILES string of the molecule is CCC1COCCC1CCOS(C)(=O)=O. The highest BCUT2D eigenvalue weighted by Crippen LogP contribution is 2.27. The lowest BCUT2D eigenvalue weighted by atomic mass is 9.84. The van der Waals surface area contributed by atoms with E-state index in [2.05, 4.69) is 6.92 Å². The normalized spacial score (nSPS) is 27.9. The Labute approximate surface area is 92.1 Å². The summed E-state index contributed by atoms with van der Waals surface area (Å²) < 4.78 is 31.7. The molecular formula is C10H20O4S. The van der Waals surface area contributed by atoms with Crippen molar-refractivity contribution in [3.63, 3.8) is 0 Å². The van der Waals surface area contributed by atoms with Gasteiger partial charge in [0, 0.05) is 13.2 Å². The van der Waals surface area contributed by atoms with Gasteiger partial charge in [-0.15, -0.1) is 0 Å². The van der Waals surface area contributed by atoms with Gasteiger partial charge in [0.15, 0.2) is 0 Å². The Hall–Kier alpha value is -0.130. The van der Waals surface area contributed by atoms with Gasteiger partial charge in [0.05, 0.1) is 12.9 Å². The minimum absolute atomic E-state index is 0.306. The quantitative estimate of drug-likeness (QED) is 0.677. The lowest BCUT2D eigenvalue weighted by Gasteiger charge is -2.30. The fraction of sp³-hybridized carbons (Fsp3) is 1.00. The Kier molecular flexibility index (Phi) is 5.02. The van der Waals surface area contributed by atoms with Gasteiger partial charge in [-0.3, -0.25) is 4.18 Å². The van der Waals surface area contributed by atoms with Crippen molar-refractivity contribution in [3.8, 4) is 0 Å². The molecule has 0 aromatic rings. The van der Waals surface area contributed by atoms with Gasteiger partial charge >= 0.3 is 0 Å². The monoisotopic (exact) mass is 236 g/mol. The van der Waals surface area contributed by atoms with Crippen LogP contribution in [0.4, 0.5) is 0 Å². The molecule has 0 bridgehead atoms. The van der Waals surface area contributed by atoms with E-state index in [1.807, 2.05) is 0 Å².